The lowest BCUT2D eigenvalue weighted by molar-refractivity contribution is 0.276. The van der Waals surface area contributed by atoms with Crippen molar-refractivity contribution in [1.82, 2.24) is 15.0 Å². The molecule has 0 atom stereocenters. The SMILES string of the molecule is OCc1cn(Cc2cc(OCc3ccccc3)cc(OCc3ccccc3)c2)nn1. The van der Waals surface area contributed by atoms with Crippen LogP contribution in [-0.4, -0.2) is 20.1 Å². The smallest absolute Gasteiger partial charge is 0.123 e. The van der Waals surface area contributed by atoms with Crippen LogP contribution in [0.2, 0.25) is 0 Å². The molecule has 4 aromatic rings. The second kappa shape index (κ2) is 9.71. The zero-order chi connectivity index (χ0) is 20.6. The molecule has 1 aromatic heterocycles. The van der Waals surface area contributed by atoms with Gasteiger partial charge in [-0.05, 0) is 28.8 Å². The van der Waals surface area contributed by atoms with Crippen LogP contribution in [-0.2, 0) is 26.4 Å². The quantitative estimate of drug-likeness (QED) is 0.459. The molecule has 0 amide bonds. The van der Waals surface area contributed by atoms with Gasteiger partial charge in [-0.3, -0.25) is 0 Å². The Morgan fingerprint density at radius 2 is 1.30 bits per heavy atom. The number of benzene rings is 3. The van der Waals surface area contributed by atoms with Gasteiger partial charge in [-0.15, -0.1) is 5.10 Å². The van der Waals surface area contributed by atoms with Gasteiger partial charge in [-0.2, -0.15) is 0 Å². The number of hydrogen-bond donors (Lipinski definition) is 1. The van der Waals surface area contributed by atoms with E-state index in [9.17, 15) is 5.11 Å². The highest BCUT2D eigenvalue weighted by molar-refractivity contribution is 5.39. The molecule has 0 aliphatic heterocycles. The highest BCUT2D eigenvalue weighted by Crippen LogP contribution is 2.25. The van der Waals surface area contributed by atoms with Gasteiger partial charge in [0, 0.05) is 6.07 Å². The molecule has 0 aliphatic carbocycles. The molecule has 0 saturated heterocycles. The predicted octanol–water partition coefficient (Wildman–Crippen LogP) is 3.98. The summed E-state index contributed by atoms with van der Waals surface area (Å²) < 4.78 is 13.7. The van der Waals surface area contributed by atoms with Crippen molar-refractivity contribution in [3.05, 3.63) is 107 Å². The van der Waals surface area contributed by atoms with Gasteiger partial charge in [-0.1, -0.05) is 65.9 Å². The van der Waals surface area contributed by atoms with Crippen LogP contribution in [0.3, 0.4) is 0 Å². The third-order valence-corrected chi connectivity index (χ3v) is 4.53. The normalized spacial score (nSPS) is 10.7. The molecule has 0 fully saturated rings. The van der Waals surface area contributed by atoms with Gasteiger partial charge in [0.1, 0.15) is 30.4 Å². The van der Waals surface area contributed by atoms with E-state index in [0.717, 1.165) is 28.2 Å². The highest BCUT2D eigenvalue weighted by Gasteiger charge is 2.07. The van der Waals surface area contributed by atoms with Gasteiger partial charge >= 0.3 is 0 Å². The van der Waals surface area contributed by atoms with Crippen molar-refractivity contribution in [3.8, 4) is 11.5 Å². The molecule has 0 aliphatic rings. The van der Waals surface area contributed by atoms with Gasteiger partial charge in [0.15, 0.2) is 0 Å². The lowest BCUT2D eigenvalue weighted by atomic mass is 10.2. The molecule has 0 unspecified atom stereocenters. The number of aliphatic hydroxyl groups is 1. The first-order valence-corrected chi connectivity index (χ1v) is 9.76. The molecule has 0 spiro atoms. The Balaban J connectivity index is 1.52. The van der Waals surface area contributed by atoms with Crippen molar-refractivity contribution in [2.45, 2.75) is 26.4 Å². The molecular weight excluding hydrogens is 378 g/mol. The minimum atomic E-state index is -0.133. The summed E-state index contributed by atoms with van der Waals surface area (Å²) in [6, 6.07) is 25.9. The van der Waals surface area contributed by atoms with Crippen LogP contribution in [0.1, 0.15) is 22.4 Å². The summed E-state index contributed by atoms with van der Waals surface area (Å²) in [4.78, 5) is 0. The molecule has 152 valence electrons. The van der Waals surface area contributed by atoms with Crippen LogP contribution in [0, 0.1) is 0 Å². The van der Waals surface area contributed by atoms with Crippen molar-refractivity contribution < 1.29 is 14.6 Å². The molecular formula is C24H23N3O3. The summed E-state index contributed by atoms with van der Waals surface area (Å²) in [6.07, 6.45) is 1.72. The highest BCUT2D eigenvalue weighted by atomic mass is 16.5. The summed E-state index contributed by atoms with van der Waals surface area (Å²) in [6.45, 7) is 1.31. The van der Waals surface area contributed by atoms with Crippen LogP contribution in [0.15, 0.2) is 85.1 Å². The largest absolute Gasteiger partial charge is 0.489 e. The van der Waals surface area contributed by atoms with Crippen molar-refractivity contribution in [2.75, 3.05) is 0 Å². The zero-order valence-corrected chi connectivity index (χ0v) is 16.5. The van der Waals surface area contributed by atoms with E-state index < -0.39 is 0 Å². The first-order chi connectivity index (χ1) is 14.8. The number of ether oxygens (including phenoxy) is 2. The number of rotatable bonds is 9. The van der Waals surface area contributed by atoms with Crippen LogP contribution < -0.4 is 9.47 Å². The minimum Gasteiger partial charge on any atom is -0.489 e. The third-order valence-electron chi connectivity index (χ3n) is 4.53. The first kappa shape index (κ1) is 19.7. The van der Waals surface area contributed by atoms with Crippen molar-refractivity contribution >= 4 is 0 Å². The summed E-state index contributed by atoms with van der Waals surface area (Å²) in [5, 5.41) is 17.2. The van der Waals surface area contributed by atoms with E-state index in [4.69, 9.17) is 9.47 Å². The molecule has 4 rings (SSSR count). The second-order valence-corrected chi connectivity index (χ2v) is 6.93. The molecule has 1 heterocycles. The average molecular weight is 401 g/mol. The zero-order valence-electron chi connectivity index (χ0n) is 16.5. The van der Waals surface area contributed by atoms with Crippen molar-refractivity contribution in [1.29, 1.82) is 0 Å². The molecule has 3 aromatic carbocycles. The molecule has 0 radical (unpaired) electrons. The summed E-state index contributed by atoms with van der Waals surface area (Å²) in [5.74, 6) is 1.45. The molecule has 6 nitrogen and oxygen atoms in total. The topological polar surface area (TPSA) is 69.4 Å². The van der Waals surface area contributed by atoms with Crippen LogP contribution in [0.25, 0.3) is 0 Å². The van der Waals surface area contributed by atoms with Crippen molar-refractivity contribution in [2.24, 2.45) is 0 Å². The maximum absolute atomic E-state index is 9.21. The number of aromatic nitrogens is 3. The van der Waals surface area contributed by atoms with Crippen molar-refractivity contribution in [3.63, 3.8) is 0 Å². The molecule has 0 bridgehead atoms. The van der Waals surface area contributed by atoms with Gasteiger partial charge in [0.25, 0.3) is 0 Å². The monoisotopic (exact) mass is 401 g/mol. The number of nitrogens with zero attached hydrogens (tertiary/aromatic N) is 3. The summed E-state index contributed by atoms with van der Waals surface area (Å²) >= 11 is 0. The lowest BCUT2D eigenvalue weighted by Gasteiger charge is -2.13. The summed E-state index contributed by atoms with van der Waals surface area (Å²) in [5.41, 5.74) is 3.70. The van der Waals surface area contributed by atoms with Gasteiger partial charge in [0.05, 0.1) is 19.3 Å². The van der Waals surface area contributed by atoms with Gasteiger partial charge in [0.2, 0.25) is 0 Å². The maximum atomic E-state index is 9.21. The van der Waals surface area contributed by atoms with Crippen LogP contribution >= 0.6 is 0 Å². The van der Waals surface area contributed by atoms with E-state index in [1.54, 1.807) is 10.9 Å². The molecule has 1 N–H and O–H groups in total. The Morgan fingerprint density at radius 3 is 1.80 bits per heavy atom. The van der Waals surface area contributed by atoms with E-state index in [0.29, 0.717) is 25.5 Å². The Labute approximate surface area is 175 Å². The Hall–Kier alpha value is -3.64. The Kier molecular flexibility index (Phi) is 6.37. The van der Waals surface area contributed by atoms with Gasteiger partial charge in [-0.25, -0.2) is 4.68 Å². The van der Waals surface area contributed by atoms with Crippen LogP contribution in [0.5, 0.6) is 11.5 Å². The van der Waals surface area contributed by atoms with E-state index in [-0.39, 0.29) is 6.61 Å². The van der Waals surface area contributed by atoms with E-state index in [1.807, 2.05) is 78.9 Å². The second-order valence-electron chi connectivity index (χ2n) is 6.93. The predicted molar refractivity (Wildman–Crippen MR) is 113 cm³/mol. The third kappa shape index (κ3) is 5.46. The molecule has 6 heteroatoms. The number of aliphatic hydroxyl groups excluding tert-OH is 1. The first-order valence-electron chi connectivity index (χ1n) is 9.76. The number of hydrogen-bond acceptors (Lipinski definition) is 5. The fourth-order valence-electron chi connectivity index (χ4n) is 3.05. The minimum absolute atomic E-state index is 0.133. The standard InChI is InChI=1S/C24H23N3O3/c28-16-22-15-27(26-25-22)14-21-11-23(29-17-19-7-3-1-4-8-19)13-24(12-21)30-18-20-9-5-2-6-10-20/h1-13,15,28H,14,16-18H2. The van der Waals surface area contributed by atoms with Gasteiger partial charge < -0.3 is 14.6 Å². The van der Waals surface area contributed by atoms with E-state index >= 15 is 0 Å². The summed E-state index contributed by atoms with van der Waals surface area (Å²) in [7, 11) is 0. The molecule has 0 saturated carbocycles. The molecule has 30 heavy (non-hydrogen) atoms. The fraction of sp³-hybridized carbons (Fsp3) is 0.167. The Bertz CT molecular complexity index is 1000. The van der Waals surface area contributed by atoms with E-state index in [1.165, 1.54) is 0 Å². The Morgan fingerprint density at radius 1 is 0.733 bits per heavy atom. The average Bonchev–Trinajstić information content (AvgIpc) is 3.25. The van der Waals surface area contributed by atoms with Crippen LogP contribution in [0.4, 0.5) is 0 Å². The maximum Gasteiger partial charge on any atom is 0.123 e. The fourth-order valence-corrected chi connectivity index (χ4v) is 3.05. The lowest BCUT2D eigenvalue weighted by Crippen LogP contribution is -2.03. The van der Waals surface area contributed by atoms with E-state index in [2.05, 4.69) is 10.3 Å².